The zero-order valence-corrected chi connectivity index (χ0v) is 21.6. The largest absolute Gasteiger partial charge is 0.243 e. The Balaban J connectivity index is 1.70. The van der Waals surface area contributed by atoms with Crippen molar-refractivity contribution in [1.82, 2.24) is 8.61 Å². The highest BCUT2D eigenvalue weighted by Crippen LogP contribution is 2.43. The Hall–Kier alpha value is -1.98. The summed E-state index contributed by atoms with van der Waals surface area (Å²) in [7, 11) is -17.0. The van der Waals surface area contributed by atoms with Crippen molar-refractivity contribution in [1.29, 1.82) is 0 Å². The molecule has 2 aromatic carbocycles. The van der Waals surface area contributed by atoms with Crippen molar-refractivity contribution in [3.63, 3.8) is 0 Å². The van der Waals surface area contributed by atoms with Gasteiger partial charge in [-0.2, -0.15) is 8.61 Å². The van der Waals surface area contributed by atoms with E-state index in [2.05, 4.69) is 0 Å². The maximum atomic E-state index is 13.7. The SMILES string of the molecule is O=S1(=O)C[C@@H]2[C@H](C1)N(S(=O)(=O)c1ccc(F)cc1)[C@@H]1CS(=O)(=O)C[C@@H]1N2S(=O)(=O)c1ccc(F)cc1. The van der Waals surface area contributed by atoms with Crippen molar-refractivity contribution >= 4 is 39.7 Å². The molecule has 3 heterocycles. The van der Waals surface area contributed by atoms with Crippen LogP contribution in [0.5, 0.6) is 0 Å². The van der Waals surface area contributed by atoms with E-state index in [1.54, 1.807) is 0 Å². The topological polar surface area (TPSA) is 143 Å². The lowest BCUT2D eigenvalue weighted by Crippen LogP contribution is -2.69. The molecule has 0 bridgehead atoms. The van der Waals surface area contributed by atoms with E-state index in [-0.39, 0.29) is 9.79 Å². The fourth-order valence-electron chi connectivity index (χ4n) is 5.25. The molecule has 0 radical (unpaired) electrons. The van der Waals surface area contributed by atoms with E-state index in [4.69, 9.17) is 0 Å². The van der Waals surface area contributed by atoms with Gasteiger partial charge in [-0.25, -0.2) is 42.5 Å². The smallest absolute Gasteiger partial charge is 0.229 e. The molecule has 0 aromatic heterocycles. The van der Waals surface area contributed by atoms with Gasteiger partial charge < -0.3 is 0 Å². The Morgan fingerprint density at radius 1 is 0.556 bits per heavy atom. The van der Waals surface area contributed by atoms with Crippen LogP contribution in [0.3, 0.4) is 0 Å². The highest BCUT2D eigenvalue weighted by molar-refractivity contribution is 7.93. The summed E-state index contributed by atoms with van der Waals surface area (Å²) in [6.07, 6.45) is 0. The van der Waals surface area contributed by atoms with Gasteiger partial charge in [0.2, 0.25) is 20.0 Å². The Morgan fingerprint density at radius 2 is 0.806 bits per heavy atom. The van der Waals surface area contributed by atoms with E-state index in [0.717, 1.165) is 57.1 Å². The van der Waals surface area contributed by atoms with Crippen LogP contribution in [0.25, 0.3) is 0 Å². The molecular weight excluding hydrogens is 562 g/mol. The van der Waals surface area contributed by atoms with Gasteiger partial charge in [0.1, 0.15) is 11.6 Å². The third kappa shape index (κ3) is 4.16. The molecule has 0 aliphatic carbocycles. The molecule has 0 unspecified atom stereocenters. The summed E-state index contributed by atoms with van der Waals surface area (Å²) in [5.74, 6) is -4.33. The number of nitrogens with zero attached hydrogens (tertiary/aromatic N) is 2. The minimum absolute atomic E-state index is 0.384. The van der Waals surface area contributed by atoms with E-state index in [1.165, 1.54) is 0 Å². The van der Waals surface area contributed by atoms with Crippen LogP contribution < -0.4 is 0 Å². The predicted octanol–water partition coefficient (Wildman–Crippen LogP) is -0.00880. The summed E-state index contributed by atoms with van der Waals surface area (Å²) in [6.45, 7) is 0. The molecule has 4 atom stereocenters. The highest BCUT2D eigenvalue weighted by atomic mass is 32.2. The lowest BCUT2D eigenvalue weighted by Gasteiger charge is -2.48. The maximum absolute atomic E-state index is 13.7. The molecule has 3 saturated heterocycles. The fraction of sp³-hybridized carbons (Fsp3) is 0.400. The molecule has 196 valence electrons. The number of hydrogen-bond acceptors (Lipinski definition) is 8. The van der Waals surface area contributed by atoms with Crippen LogP contribution in [0.2, 0.25) is 0 Å². The average Bonchev–Trinajstić information content (AvgIpc) is 3.24. The molecule has 0 spiro atoms. The minimum atomic E-state index is -4.56. The first-order chi connectivity index (χ1) is 16.6. The normalized spacial score (nSPS) is 30.1. The lowest BCUT2D eigenvalue weighted by molar-refractivity contribution is 0.0841. The zero-order valence-electron chi connectivity index (χ0n) is 18.3. The first-order valence-electron chi connectivity index (χ1n) is 10.6. The third-order valence-electron chi connectivity index (χ3n) is 6.67. The van der Waals surface area contributed by atoms with E-state index in [0.29, 0.717) is 0 Å². The van der Waals surface area contributed by atoms with Gasteiger partial charge in [0, 0.05) is 0 Å². The second-order valence-electron chi connectivity index (χ2n) is 9.00. The molecule has 36 heavy (non-hydrogen) atoms. The monoisotopic (exact) mass is 582 g/mol. The van der Waals surface area contributed by atoms with Crippen LogP contribution in [0.1, 0.15) is 0 Å². The van der Waals surface area contributed by atoms with Gasteiger partial charge in [-0.1, -0.05) is 0 Å². The summed E-state index contributed by atoms with van der Waals surface area (Å²) in [4.78, 5) is -0.769. The molecule has 10 nitrogen and oxygen atoms in total. The van der Waals surface area contributed by atoms with Crippen LogP contribution in [0.15, 0.2) is 58.3 Å². The zero-order chi connectivity index (χ0) is 26.3. The number of sulfonamides is 2. The molecule has 3 aliphatic rings. The Bertz CT molecular complexity index is 1480. The number of benzene rings is 2. The molecule has 3 fully saturated rings. The van der Waals surface area contributed by atoms with Crippen LogP contribution in [0, 0.1) is 11.6 Å². The fourth-order valence-corrected chi connectivity index (χ4v) is 13.2. The number of halogens is 2. The number of rotatable bonds is 4. The summed E-state index contributed by atoms with van der Waals surface area (Å²) in [5.41, 5.74) is 0. The van der Waals surface area contributed by atoms with Crippen molar-refractivity contribution in [2.45, 2.75) is 34.0 Å². The number of piperazine rings is 1. The quantitative estimate of drug-likeness (QED) is 0.490. The van der Waals surface area contributed by atoms with Crippen molar-refractivity contribution in [3.05, 3.63) is 60.2 Å². The highest BCUT2D eigenvalue weighted by Gasteiger charge is 2.63. The van der Waals surface area contributed by atoms with Gasteiger partial charge in [-0.15, -0.1) is 0 Å². The van der Waals surface area contributed by atoms with Crippen molar-refractivity contribution < 1.29 is 42.5 Å². The molecule has 16 heteroatoms. The van der Waals surface area contributed by atoms with Gasteiger partial charge in [0.25, 0.3) is 0 Å². The Kier molecular flexibility index (Phi) is 5.89. The second-order valence-corrected chi connectivity index (χ2v) is 17.0. The van der Waals surface area contributed by atoms with Crippen LogP contribution in [-0.4, -0.2) is 89.5 Å². The lowest BCUT2D eigenvalue weighted by atomic mass is 10.0. The molecule has 0 saturated carbocycles. The van der Waals surface area contributed by atoms with Gasteiger partial charge in [-0.05, 0) is 48.5 Å². The third-order valence-corrected chi connectivity index (χ3v) is 14.0. The maximum Gasteiger partial charge on any atom is 0.243 e. The molecule has 2 aromatic rings. The molecule has 0 amide bonds. The van der Waals surface area contributed by atoms with Crippen molar-refractivity contribution in [2.24, 2.45) is 0 Å². The Labute approximate surface area is 207 Å². The average molecular weight is 583 g/mol. The molecule has 3 aliphatic heterocycles. The Morgan fingerprint density at radius 3 is 1.06 bits per heavy atom. The van der Waals surface area contributed by atoms with Crippen LogP contribution in [-0.2, 0) is 39.7 Å². The van der Waals surface area contributed by atoms with Gasteiger partial charge >= 0.3 is 0 Å². The predicted molar refractivity (Wildman–Crippen MR) is 123 cm³/mol. The summed E-state index contributed by atoms with van der Waals surface area (Å²) >= 11 is 0. The molecule has 5 rings (SSSR count). The first kappa shape index (κ1) is 25.7. The van der Waals surface area contributed by atoms with E-state index in [9.17, 15) is 42.5 Å². The summed E-state index contributed by atoms with van der Waals surface area (Å²) in [6, 6.07) is 1.80. The van der Waals surface area contributed by atoms with Crippen molar-refractivity contribution in [3.8, 4) is 0 Å². The summed E-state index contributed by atoms with van der Waals surface area (Å²) < 4.78 is 134. The van der Waals surface area contributed by atoms with Gasteiger partial charge in [0.05, 0.1) is 57.0 Å². The van der Waals surface area contributed by atoms with E-state index >= 15 is 0 Å². The minimum Gasteiger partial charge on any atom is -0.229 e. The standard InChI is InChI=1S/C20H20F2N2O8S4/c21-13-1-5-15(6-2-13)35(29,30)23-17-9-33(25,26)11-19(17)24(20-12-34(27,28)10-18(20)23)36(31,32)16-7-3-14(22)4-8-16/h1-8,17-20H,9-12H2/t17-,18+,19+,20-. The van der Waals surface area contributed by atoms with Crippen molar-refractivity contribution in [2.75, 3.05) is 23.0 Å². The van der Waals surface area contributed by atoms with E-state index < -0.39 is 98.5 Å². The summed E-state index contributed by atoms with van der Waals surface area (Å²) in [5, 5.41) is 0. The molecular formula is C20H20F2N2O8S4. The van der Waals surface area contributed by atoms with Crippen LogP contribution >= 0.6 is 0 Å². The van der Waals surface area contributed by atoms with Crippen LogP contribution in [0.4, 0.5) is 8.78 Å². The number of fused-ring (bicyclic) bond motifs is 2. The number of sulfone groups is 2. The number of hydrogen-bond donors (Lipinski definition) is 0. The van der Waals surface area contributed by atoms with Gasteiger partial charge in [0.15, 0.2) is 19.7 Å². The van der Waals surface area contributed by atoms with E-state index in [1.807, 2.05) is 0 Å². The first-order valence-corrected chi connectivity index (χ1v) is 17.1. The molecule has 0 N–H and O–H groups in total. The second kappa shape index (κ2) is 8.26. The van der Waals surface area contributed by atoms with Gasteiger partial charge in [-0.3, -0.25) is 0 Å².